The van der Waals surface area contributed by atoms with E-state index in [0.717, 1.165) is 31.5 Å². The van der Waals surface area contributed by atoms with Gasteiger partial charge in [0, 0.05) is 37.7 Å². The summed E-state index contributed by atoms with van der Waals surface area (Å²) in [6.07, 6.45) is 3.85. The third kappa shape index (κ3) is 4.07. The predicted octanol–water partition coefficient (Wildman–Crippen LogP) is 2.05. The summed E-state index contributed by atoms with van der Waals surface area (Å²) < 4.78 is 13.7. The van der Waals surface area contributed by atoms with E-state index >= 15 is 0 Å². The molecule has 2 aromatic rings. The fraction of sp³-hybridized carbons (Fsp3) is 0.571. The number of hydrogen-bond acceptors (Lipinski definition) is 5. The van der Waals surface area contributed by atoms with Crippen LogP contribution in [0.25, 0.3) is 0 Å². The van der Waals surface area contributed by atoms with E-state index in [2.05, 4.69) is 5.10 Å². The molecular weight excluding hydrogens is 372 g/mol. The van der Waals surface area contributed by atoms with Crippen LogP contribution in [0.5, 0.6) is 5.75 Å². The van der Waals surface area contributed by atoms with E-state index in [0.29, 0.717) is 37.6 Å². The Balaban J connectivity index is 1.57. The minimum absolute atomic E-state index is 0.00673. The van der Waals surface area contributed by atoms with Crippen LogP contribution in [0.4, 0.5) is 0 Å². The van der Waals surface area contributed by atoms with Gasteiger partial charge >= 0.3 is 5.69 Å². The van der Waals surface area contributed by atoms with Gasteiger partial charge in [0.05, 0.1) is 20.3 Å². The van der Waals surface area contributed by atoms with Crippen LogP contribution in [0.15, 0.2) is 29.1 Å². The second kappa shape index (κ2) is 8.41. The smallest absolute Gasteiger partial charge is 0.346 e. The Morgan fingerprint density at radius 3 is 2.79 bits per heavy atom. The minimum atomic E-state index is -0.0594. The lowest BCUT2D eigenvalue weighted by molar-refractivity contribution is 0.0702. The number of rotatable bonds is 7. The summed E-state index contributed by atoms with van der Waals surface area (Å²) in [7, 11) is 3.21. The van der Waals surface area contributed by atoms with Crippen molar-refractivity contribution in [3.8, 4) is 5.75 Å². The zero-order chi connectivity index (χ0) is 20.4. The molecule has 8 heteroatoms. The number of amides is 1. The number of piperidine rings is 1. The Hall–Kier alpha value is -2.61. The van der Waals surface area contributed by atoms with E-state index in [1.54, 1.807) is 20.3 Å². The molecule has 8 nitrogen and oxygen atoms in total. The van der Waals surface area contributed by atoms with Gasteiger partial charge in [0.1, 0.15) is 11.6 Å². The molecule has 2 aliphatic rings. The molecule has 1 aromatic carbocycles. The number of carbonyl (C=O) groups excluding carboxylic acids is 1. The van der Waals surface area contributed by atoms with E-state index < -0.39 is 0 Å². The first-order valence-corrected chi connectivity index (χ1v) is 10.2. The highest BCUT2D eigenvalue weighted by Gasteiger charge is 2.35. The zero-order valence-corrected chi connectivity index (χ0v) is 17.0. The maximum Gasteiger partial charge on any atom is 0.346 e. The number of likely N-dealkylation sites (tertiary alicyclic amines) is 1. The molecule has 0 spiro atoms. The standard InChI is InChI=1S/C21H28N4O4/c1-28-12-11-24-21(27)25(17-8-9-17)19(22-24)16-6-4-10-23(14-16)20(26)15-5-3-7-18(13-15)29-2/h3,5,7,13,16-17H,4,6,8-12,14H2,1-2H3. The normalized spacial score (nSPS) is 19.4. The van der Waals surface area contributed by atoms with Crippen LogP contribution in [0.2, 0.25) is 0 Å². The van der Waals surface area contributed by atoms with Gasteiger partial charge in [-0.25, -0.2) is 9.48 Å². The van der Waals surface area contributed by atoms with Gasteiger partial charge in [-0.15, -0.1) is 0 Å². The van der Waals surface area contributed by atoms with Gasteiger partial charge in [-0.05, 0) is 43.9 Å². The first kappa shape index (κ1) is 19.7. The molecule has 1 saturated heterocycles. The maximum absolute atomic E-state index is 13.0. The van der Waals surface area contributed by atoms with Gasteiger partial charge in [-0.1, -0.05) is 6.07 Å². The molecule has 1 saturated carbocycles. The average Bonchev–Trinajstić information content (AvgIpc) is 3.55. The molecule has 1 aliphatic carbocycles. The van der Waals surface area contributed by atoms with Crippen LogP contribution < -0.4 is 10.4 Å². The molecular formula is C21H28N4O4. The first-order chi connectivity index (χ1) is 14.1. The van der Waals surface area contributed by atoms with Crippen LogP contribution >= 0.6 is 0 Å². The van der Waals surface area contributed by atoms with Crippen molar-refractivity contribution in [2.24, 2.45) is 0 Å². The zero-order valence-electron chi connectivity index (χ0n) is 17.0. The quantitative estimate of drug-likeness (QED) is 0.711. The maximum atomic E-state index is 13.0. The van der Waals surface area contributed by atoms with Crippen molar-refractivity contribution >= 4 is 5.91 Å². The molecule has 1 amide bonds. The predicted molar refractivity (Wildman–Crippen MR) is 108 cm³/mol. The lowest BCUT2D eigenvalue weighted by atomic mass is 9.96. The van der Waals surface area contributed by atoms with Crippen molar-refractivity contribution in [3.05, 3.63) is 46.1 Å². The SMILES string of the molecule is COCCn1nc(C2CCCN(C(=O)c3cccc(OC)c3)C2)n(C2CC2)c1=O. The third-order valence-corrected chi connectivity index (χ3v) is 5.71. The van der Waals surface area contributed by atoms with E-state index in [1.807, 2.05) is 27.7 Å². The van der Waals surface area contributed by atoms with E-state index in [-0.39, 0.29) is 23.6 Å². The lowest BCUT2D eigenvalue weighted by Crippen LogP contribution is -2.40. The van der Waals surface area contributed by atoms with Crippen LogP contribution in [0, 0.1) is 0 Å². The van der Waals surface area contributed by atoms with Gasteiger partial charge in [0.2, 0.25) is 0 Å². The molecule has 2 fully saturated rings. The fourth-order valence-corrected chi connectivity index (χ4v) is 4.03. The second-order valence-corrected chi connectivity index (χ2v) is 7.78. The van der Waals surface area contributed by atoms with E-state index in [4.69, 9.17) is 9.47 Å². The molecule has 0 bridgehead atoms. The molecule has 29 heavy (non-hydrogen) atoms. The number of benzene rings is 1. The van der Waals surface area contributed by atoms with Gasteiger partial charge in [0.25, 0.3) is 5.91 Å². The molecule has 1 aliphatic heterocycles. The molecule has 156 valence electrons. The number of aromatic nitrogens is 3. The van der Waals surface area contributed by atoms with Crippen LogP contribution in [-0.4, -0.2) is 59.1 Å². The first-order valence-electron chi connectivity index (χ1n) is 10.2. The molecule has 1 unspecified atom stereocenters. The summed E-state index contributed by atoms with van der Waals surface area (Å²) in [6, 6.07) is 7.49. The van der Waals surface area contributed by atoms with Crippen LogP contribution in [0.1, 0.15) is 53.8 Å². The van der Waals surface area contributed by atoms with Gasteiger partial charge in [-0.3, -0.25) is 9.36 Å². The molecule has 0 N–H and O–H groups in total. The highest BCUT2D eigenvalue weighted by atomic mass is 16.5. The molecule has 1 atom stereocenters. The van der Waals surface area contributed by atoms with Gasteiger partial charge in [-0.2, -0.15) is 5.10 Å². The fourth-order valence-electron chi connectivity index (χ4n) is 4.03. The highest BCUT2D eigenvalue weighted by molar-refractivity contribution is 5.94. The Kier molecular flexibility index (Phi) is 5.71. The summed E-state index contributed by atoms with van der Waals surface area (Å²) in [5.41, 5.74) is 0.561. The highest BCUT2D eigenvalue weighted by Crippen LogP contribution is 2.37. The molecule has 2 heterocycles. The summed E-state index contributed by atoms with van der Waals surface area (Å²) in [6.45, 7) is 2.18. The second-order valence-electron chi connectivity index (χ2n) is 7.78. The monoisotopic (exact) mass is 400 g/mol. The average molecular weight is 400 g/mol. The van der Waals surface area contributed by atoms with Crippen molar-refractivity contribution < 1.29 is 14.3 Å². The largest absolute Gasteiger partial charge is 0.497 e. The van der Waals surface area contributed by atoms with E-state index in [1.165, 1.54) is 4.68 Å². The minimum Gasteiger partial charge on any atom is -0.497 e. The van der Waals surface area contributed by atoms with Crippen LogP contribution in [-0.2, 0) is 11.3 Å². The Labute approximate surface area is 170 Å². The topological polar surface area (TPSA) is 78.6 Å². The summed E-state index contributed by atoms with van der Waals surface area (Å²) in [5, 5.41) is 4.66. The summed E-state index contributed by atoms with van der Waals surface area (Å²) in [4.78, 5) is 27.8. The van der Waals surface area contributed by atoms with Crippen molar-refractivity contribution in [2.45, 2.75) is 44.2 Å². The molecule has 1 aromatic heterocycles. The number of ether oxygens (including phenoxy) is 2. The van der Waals surface area contributed by atoms with Crippen molar-refractivity contribution in [1.29, 1.82) is 0 Å². The Morgan fingerprint density at radius 1 is 1.24 bits per heavy atom. The Morgan fingerprint density at radius 2 is 2.07 bits per heavy atom. The lowest BCUT2D eigenvalue weighted by Gasteiger charge is -2.32. The van der Waals surface area contributed by atoms with Crippen molar-refractivity contribution in [1.82, 2.24) is 19.2 Å². The number of carbonyl (C=O) groups is 1. The van der Waals surface area contributed by atoms with E-state index in [9.17, 15) is 9.59 Å². The number of nitrogens with zero attached hydrogens (tertiary/aromatic N) is 4. The molecule has 0 radical (unpaired) electrons. The number of methoxy groups -OCH3 is 2. The summed E-state index contributed by atoms with van der Waals surface area (Å²) >= 11 is 0. The van der Waals surface area contributed by atoms with Gasteiger partial charge in [0.15, 0.2) is 0 Å². The van der Waals surface area contributed by atoms with Crippen molar-refractivity contribution in [2.75, 3.05) is 33.9 Å². The summed E-state index contributed by atoms with van der Waals surface area (Å²) in [5.74, 6) is 1.55. The van der Waals surface area contributed by atoms with Crippen LogP contribution in [0.3, 0.4) is 0 Å². The molecule has 4 rings (SSSR count). The van der Waals surface area contributed by atoms with Gasteiger partial charge < -0.3 is 14.4 Å². The number of hydrogen-bond donors (Lipinski definition) is 0. The third-order valence-electron chi connectivity index (χ3n) is 5.71. The Bertz CT molecular complexity index is 931. The van der Waals surface area contributed by atoms with Crippen molar-refractivity contribution in [3.63, 3.8) is 0 Å².